The van der Waals surface area contributed by atoms with Gasteiger partial charge in [0.1, 0.15) is 11.5 Å². The second-order valence-corrected chi connectivity index (χ2v) is 5.09. The van der Waals surface area contributed by atoms with Crippen LogP contribution in [0.2, 0.25) is 5.02 Å². The Morgan fingerprint density at radius 1 is 1.14 bits per heavy atom. The molecular formula is C17H18ClNO3. The molecule has 0 fully saturated rings. The van der Waals surface area contributed by atoms with Crippen molar-refractivity contribution in [2.75, 3.05) is 19.0 Å². The van der Waals surface area contributed by atoms with Crippen LogP contribution in [0.25, 0.3) is 0 Å². The zero-order chi connectivity index (χ0) is 15.8. The van der Waals surface area contributed by atoms with Crippen LogP contribution < -0.4 is 14.8 Å². The van der Waals surface area contributed by atoms with Gasteiger partial charge in [0.05, 0.1) is 19.4 Å². The van der Waals surface area contributed by atoms with Crippen molar-refractivity contribution in [2.24, 2.45) is 0 Å². The van der Waals surface area contributed by atoms with E-state index in [1.807, 2.05) is 12.1 Å². The number of methoxy groups -OCH3 is 1. The SMILES string of the molecule is COc1ccccc1NC(=O)CCCOc1ccc(Cl)cc1. The standard InChI is InChI=1S/C17H18ClNO3/c1-21-16-6-3-2-5-15(16)19-17(20)7-4-12-22-14-10-8-13(18)9-11-14/h2-3,5-6,8-11H,4,7,12H2,1H3,(H,19,20). The Hall–Kier alpha value is -2.20. The molecule has 0 saturated heterocycles. The third-order valence-electron chi connectivity index (χ3n) is 3.01. The molecule has 0 spiro atoms. The van der Waals surface area contributed by atoms with Crippen molar-refractivity contribution in [2.45, 2.75) is 12.8 Å². The third kappa shape index (κ3) is 4.97. The first-order valence-electron chi connectivity index (χ1n) is 7.00. The largest absolute Gasteiger partial charge is 0.495 e. The Kier molecular flexibility index (Phi) is 6.10. The fourth-order valence-electron chi connectivity index (χ4n) is 1.91. The number of nitrogens with one attached hydrogen (secondary N) is 1. The number of ether oxygens (including phenoxy) is 2. The molecule has 2 aromatic carbocycles. The van der Waals surface area contributed by atoms with E-state index >= 15 is 0 Å². The molecular weight excluding hydrogens is 302 g/mol. The first kappa shape index (κ1) is 16.2. The molecule has 0 saturated carbocycles. The molecule has 0 aliphatic carbocycles. The van der Waals surface area contributed by atoms with Gasteiger partial charge in [0, 0.05) is 11.4 Å². The fourth-order valence-corrected chi connectivity index (χ4v) is 2.04. The van der Waals surface area contributed by atoms with E-state index in [0.29, 0.717) is 35.9 Å². The van der Waals surface area contributed by atoms with Crippen molar-refractivity contribution in [1.29, 1.82) is 0 Å². The van der Waals surface area contributed by atoms with Gasteiger partial charge in [-0.25, -0.2) is 0 Å². The van der Waals surface area contributed by atoms with Gasteiger partial charge in [0.2, 0.25) is 5.91 Å². The minimum absolute atomic E-state index is 0.0655. The zero-order valence-corrected chi connectivity index (χ0v) is 13.1. The molecule has 0 aliphatic rings. The number of halogens is 1. The molecule has 1 amide bonds. The molecule has 1 N–H and O–H groups in total. The van der Waals surface area contributed by atoms with Crippen LogP contribution in [0.15, 0.2) is 48.5 Å². The van der Waals surface area contributed by atoms with Crippen molar-refractivity contribution in [3.63, 3.8) is 0 Å². The molecule has 0 unspecified atom stereocenters. The molecule has 2 aromatic rings. The van der Waals surface area contributed by atoms with E-state index in [2.05, 4.69) is 5.32 Å². The van der Waals surface area contributed by atoms with Crippen LogP contribution >= 0.6 is 11.6 Å². The predicted molar refractivity (Wildman–Crippen MR) is 87.8 cm³/mol. The summed E-state index contributed by atoms with van der Waals surface area (Å²) in [5, 5.41) is 3.50. The molecule has 4 nitrogen and oxygen atoms in total. The Balaban J connectivity index is 1.72. The summed E-state index contributed by atoms with van der Waals surface area (Å²) in [6.07, 6.45) is 1.01. The third-order valence-corrected chi connectivity index (χ3v) is 3.26. The van der Waals surface area contributed by atoms with E-state index in [9.17, 15) is 4.79 Å². The van der Waals surface area contributed by atoms with Gasteiger partial charge in [-0.15, -0.1) is 0 Å². The van der Waals surface area contributed by atoms with E-state index in [1.54, 1.807) is 43.5 Å². The molecule has 0 aliphatic heterocycles. The summed E-state index contributed by atoms with van der Waals surface area (Å²) in [6, 6.07) is 14.5. The summed E-state index contributed by atoms with van der Waals surface area (Å²) >= 11 is 5.80. The molecule has 0 heterocycles. The Morgan fingerprint density at radius 2 is 1.86 bits per heavy atom. The maximum atomic E-state index is 11.9. The highest BCUT2D eigenvalue weighted by atomic mass is 35.5. The number of anilines is 1. The molecule has 0 atom stereocenters. The van der Waals surface area contributed by atoms with Gasteiger partial charge in [0.15, 0.2) is 0 Å². The summed E-state index contributed by atoms with van der Waals surface area (Å²) in [7, 11) is 1.57. The Morgan fingerprint density at radius 3 is 2.59 bits per heavy atom. The number of para-hydroxylation sites is 2. The van der Waals surface area contributed by atoms with E-state index < -0.39 is 0 Å². The summed E-state index contributed by atoms with van der Waals surface area (Å²) < 4.78 is 10.7. The number of hydrogen-bond acceptors (Lipinski definition) is 3. The van der Waals surface area contributed by atoms with Crippen LogP contribution in [0.4, 0.5) is 5.69 Å². The lowest BCUT2D eigenvalue weighted by Gasteiger charge is -2.10. The number of rotatable bonds is 7. The van der Waals surface area contributed by atoms with Gasteiger partial charge >= 0.3 is 0 Å². The highest BCUT2D eigenvalue weighted by Gasteiger charge is 2.06. The van der Waals surface area contributed by atoms with Gasteiger partial charge in [-0.05, 0) is 42.8 Å². The average Bonchev–Trinajstić information content (AvgIpc) is 2.54. The summed E-state index contributed by atoms with van der Waals surface area (Å²) in [5.74, 6) is 1.33. The first-order valence-corrected chi connectivity index (χ1v) is 7.38. The monoisotopic (exact) mass is 319 g/mol. The number of amides is 1. The molecule has 5 heteroatoms. The lowest BCUT2D eigenvalue weighted by Crippen LogP contribution is -2.13. The quantitative estimate of drug-likeness (QED) is 0.780. The summed E-state index contributed by atoms with van der Waals surface area (Å²) in [4.78, 5) is 11.9. The normalized spacial score (nSPS) is 10.1. The van der Waals surface area contributed by atoms with Crippen LogP contribution in [0.3, 0.4) is 0 Å². The second kappa shape index (κ2) is 8.29. The average molecular weight is 320 g/mol. The van der Waals surface area contributed by atoms with Crippen LogP contribution in [-0.4, -0.2) is 19.6 Å². The van der Waals surface area contributed by atoms with Crippen molar-refractivity contribution < 1.29 is 14.3 Å². The lowest BCUT2D eigenvalue weighted by atomic mass is 10.2. The van der Waals surface area contributed by atoms with Crippen LogP contribution in [0.1, 0.15) is 12.8 Å². The fraction of sp³-hybridized carbons (Fsp3) is 0.235. The van der Waals surface area contributed by atoms with Crippen molar-refractivity contribution >= 4 is 23.2 Å². The molecule has 0 radical (unpaired) electrons. The van der Waals surface area contributed by atoms with Gasteiger partial charge in [0.25, 0.3) is 0 Å². The number of hydrogen-bond donors (Lipinski definition) is 1. The summed E-state index contributed by atoms with van der Waals surface area (Å²) in [6.45, 7) is 0.473. The zero-order valence-electron chi connectivity index (χ0n) is 12.3. The maximum absolute atomic E-state index is 11.9. The topological polar surface area (TPSA) is 47.6 Å². The van der Waals surface area contributed by atoms with Gasteiger partial charge in [-0.1, -0.05) is 23.7 Å². The van der Waals surface area contributed by atoms with E-state index in [0.717, 1.165) is 5.75 Å². The Labute approximate surface area is 135 Å². The van der Waals surface area contributed by atoms with Crippen LogP contribution in [-0.2, 0) is 4.79 Å². The van der Waals surface area contributed by atoms with Gasteiger partial charge in [-0.3, -0.25) is 4.79 Å². The minimum atomic E-state index is -0.0655. The first-order chi connectivity index (χ1) is 10.7. The van der Waals surface area contributed by atoms with E-state index in [4.69, 9.17) is 21.1 Å². The molecule has 116 valence electrons. The van der Waals surface area contributed by atoms with Crippen LogP contribution in [0.5, 0.6) is 11.5 Å². The van der Waals surface area contributed by atoms with Gasteiger partial charge < -0.3 is 14.8 Å². The molecule has 0 bridgehead atoms. The van der Waals surface area contributed by atoms with Crippen molar-refractivity contribution in [3.05, 3.63) is 53.6 Å². The molecule has 0 aromatic heterocycles. The van der Waals surface area contributed by atoms with Crippen LogP contribution in [0, 0.1) is 0 Å². The highest BCUT2D eigenvalue weighted by Crippen LogP contribution is 2.23. The lowest BCUT2D eigenvalue weighted by molar-refractivity contribution is -0.116. The Bertz CT molecular complexity index is 614. The molecule has 2 rings (SSSR count). The van der Waals surface area contributed by atoms with Gasteiger partial charge in [-0.2, -0.15) is 0 Å². The predicted octanol–water partition coefficient (Wildman–Crippen LogP) is 4.15. The van der Waals surface area contributed by atoms with Crippen molar-refractivity contribution in [3.8, 4) is 11.5 Å². The van der Waals surface area contributed by atoms with E-state index in [-0.39, 0.29) is 5.91 Å². The molecule has 22 heavy (non-hydrogen) atoms. The number of carbonyl (C=O) groups is 1. The smallest absolute Gasteiger partial charge is 0.224 e. The summed E-state index contributed by atoms with van der Waals surface area (Å²) in [5.41, 5.74) is 0.675. The van der Waals surface area contributed by atoms with Crippen molar-refractivity contribution in [1.82, 2.24) is 0 Å². The number of carbonyl (C=O) groups excluding carboxylic acids is 1. The van der Waals surface area contributed by atoms with E-state index in [1.165, 1.54) is 0 Å². The number of benzene rings is 2. The highest BCUT2D eigenvalue weighted by molar-refractivity contribution is 6.30. The maximum Gasteiger partial charge on any atom is 0.224 e. The second-order valence-electron chi connectivity index (χ2n) is 4.65. The minimum Gasteiger partial charge on any atom is -0.495 e.